The SMILES string of the molecule is CC(O)C(N)C(=O)NC(CC(=O)O)C(=O)NC(CCCCN)C(=O)NC(CS)C(=O)O. The molecular weight excluding hydrogens is 434 g/mol. The van der Waals surface area contributed by atoms with Crippen LogP contribution in [0.4, 0.5) is 0 Å². The summed E-state index contributed by atoms with van der Waals surface area (Å²) in [4.78, 5) is 59.4. The van der Waals surface area contributed by atoms with Crippen molar-refractivity contribution in [2.75, 3.05) is 12.3 Å². The van der Waals surface area contributed by atoms with Crippen molar-refractivity contribution in [3.05, 3.63) is 0 Å². The number of thiol groups is 1. The lowest BCUT2D eigenvalue weighted by Gasteiger charge is -2.24. The Hall–Kier alpha value is -2.42. The smallest absolute Gasteiger partial charge is 0.327 e. The van der Waals surface area contributed by atoms with Crippen LogP contribution in [0.2, 0.25) is 0 Å². The van der Waals surface area contributed by atoms with Gasteiger partial charge in [-0.25, -0.2) is 4.79 Å². The molecule has 0 aliphatic rings. The van der Waals surface area contributed by atoms with Crippen LogP contribution in [0.3, 0.4) is 0 Å². The molecule has 5 unspecified atom stereocenters. The maximum Gasteiger partial charge on any atom is 0.327 e. The molecule has 0 aliphatic heterocycles. The highest BCUT2D eigenvalue weighted by atomic mass is 32.1. The minimum Gasteiger partial charge on any atom is -0.481 e. The predicted octanol–water partition coefficient (Wildman–Crippen LogP) is -3.23. The van der Waals surface area contributed by atoms with Gasteiger partial charge < -0.3 is 42.7 Å². The zero-order valence-electron chi connectivity index (χ0n) is 17.1. The molecule has 0 spiro atoms. The number of rotatable bonds is 15. The summed E-state index contributed by atoms with van der Waals surface area (Å²) in [5.74, 6) is -5.68. The molecule has 0 rings (SSSR count). The van der Waals surface area contributed by atoms with E-state index in [2.05, 4.69) is 28.6 Å². The summed E-state index contributed by atoms with van der Waals surface area (Å²) in [5, 5.41) is 34.2. The molecule has 0 fully saturated rings. The second kappa shape index (κ2) is 14.6. The van der Waals surface area contributed by atoms with E-state index in [1.54, 1.807) is 0 Å². The predicted molar refractivity (Wildman–Crippen MR) is 112 cm³/mol. The molecule has 0 aliphatic carbocycles. The number of carboxylic acid groups (broad SMARTS) is 2. The summed E-state index contributed by atoms with van der Waals surface area (Å²) < 4.78 is 0. The normalized spacial score (nSPS) is 15.6. The van der Waals surface area contributed by atoms with Crippen molar-refractivity contribution >= 4 is 42.3 Å². The molecule has 0 heterocycles. The van der Waals surface area contributed by atoms with Crippen LogP contribution in [-0.4, -0.2) is 87.5 Å². The van der Waals surface area contributed by atoms with E-state index in [-0.39, 0.29) is 12.2 Å². The largest absolute Gasteiger partial charge is 0.481 e. The van der Waals surface area contributed by atoms with E-state index in [1.165, 1.54) is 6.92 Å². The van der Waals surface area contributed by atoms with Gasteiger partial charge in [0, 0.05) is 5.75 Å². The second-order valence-corrected chi connectivity index (χ2v) is 7.22. The summed E-state index contributed by atoms with van der Waals surface area (Å²) in [7, 11) is 0. The van der Waals surface area contributed by atoms with Crippen molar-refractivity contribution in [1.82, 2.24) is 16.0 Å². The molecule has 0 aromatic carbocycles. The van der Waals surface area contributed by atoms with Crippen LogP contribution in [0.25, 0.3) is 0 Å². The molecule has 31 heavy (non-hydrogen) atoms. The molecule has 0 aromatic rings. The Morgan fingerprint density at radius 2 is 1.42 bits per heavy atom. The van der Waals surface area contributed by atoms with Gasteiger partial charge >= 0.3 is 11.9 Å². The zero-order chi connectivity index (χ0) is 24.1. The number of aliphatic hydroxyl groups excluding tert-OH is 1. The molecule has 0 saturated heterocycles. The molecule has 0 saturated carbocycles. The van der Waals surface area contributed by atoms with E-state index >= 15 is 0 Å². The number of aliphatic carboxylic acids is 2. The third-order valence-corrected chi connectivity index (χ3v) is 4.58. The van der Waals surface area contributed by atoms with Crippen LogP contribution in [0, 0.1) is 0 Å². The summed E-state index contributed by atoms with van der Waals surface area (Å²) in [6, 6.07) is -5.50. The number of carboxylic acids is 2. The molecule has 0 bridgehead atoms. The van der Waals surface area contributed by atoms with Gasteiger partial charge in [0.05, 0.1) is 12.5 Å². The van der Waals surface area contributed by atoms with Gasteiger partial charge in [-0.1, -0.05) is 0 Å². The van der Waals surface area contributed by atoms with Gasteiger partial charge in [0.25, 0.3) is 0 Å². The highest BCUT2D eigenvalue weighted by Gasteiger charge is 2.31. The number of nitrogens with one attached hydrogen (secondary N) is 3. The lowest BCUT2D eigenvalue weighted by Crippen LogP contribution is -2.58. The van der Waals surface area contributed by atoms with Crippen LogP contribution < -0.4 is 27.4 Å². The molecule has 14 heteroatoms. The molecule has 0 aromatic heterocycles. The molecule has 13 nitrogen and oxygen atoms in total. The van der Waals surface area contributed by atoms with Gasteiger partial charge in [-0.3, -0.25) is 19.2 Å². The summed E-state index contributed by atoms with van der Waals surface area (Å²) in [6.45, 7) is 1.57. The second-order valence-electron chi connectivity index (χ2n) is 6.85. The van der Waals surface area contributed by atoms with Crippen LogP contribution in [0.1, 0.15) is 32.6 Å². The van der Waals surface area contributed by atoms with Crippen molar-refractivity contribution < 1.29 is 39.3 Å². The van der Waals surface area contributed by atoms with E-state index in [0.29, 0.717) is 19.4 Å². The van der Waals surface area contributed by atoms with E-state index in [9.17, 15) is 29.1 Å². The zero-order valence-corrected chi connectivity index (χ0v) is 18.0. The van der Waals surface area contributed by atoms with Crippen LogP contribution in [0.5, 0.6) is 0 Å². The fourth-order valence-corrected chi connectivity index (χ4v) is 2.61. The van der Waals surface area contributed by atoms with E-state index in [4.69, 9.17) is 21.7 Å². The van der Waals surface area contributed by atoms with Crippen molar-refractivity contribution in [2.24, 2.45) is 11.5 Å². The Kier molecular flexibility index (Phi) is 13.4. The van der Waals surface area contributed by atoms with Crippen molar-refractivity contribution in [2.45, 2.75) is 62.9 Å². The summed E-state index contributed by atoms with van der Waals surface area (Å²) >= 11 is 3.85. The Morgan fingerprint density at radius 1 is 0.903 bits per heavy atom. The third kappa shape index (κ3) is 11.0. The van der Waals surface area contributed by atoms with Crippen molar-refractivity contribution in [3.8, 4) is 0 Å². The monoisotopic (exact) mass is 465 g/mol. The molecular formula is C17H31N5O8S. The Labute approximate surface area is 184 Å². The van der Waals surface area contributed by atoms with Crippen LogP contribution in [-0.2, 0) is 24.0 Å². The standard InChI is InChI=1S/C17H31N5O8S/c1-8(23)13(19)16(28)21-10(6-12(24)25)15(27)20-9(4-2-3-5-18)14(26)22-11(7-31)17(29)30/h8-11,13,23,31H,2-7,18-19H2,1H3,(H,20,27)(H,21,28)(H,22,26)(H,24,25)(H,29,30). The van der Waals surface area contributed by atoms with Gasteiger partial charge in [-0.2, -0.15) is 12.6 Å². The first-order valence-corrected chi connectivity index (χ1v) is 10.2. The highest BCUT2D eigenvalue weighted by molar-refractivity contribution is 7.80. The summed E-state index contributed by atoms with van der Waals surface area (Å²) in [6.07, 6.45) is -1.04. The number of nitrogens with two attached hydrogens (primary N) is 2. The van der Waals surface area contributed by atoms with Gasteiger partial charge in [0.15, 0.2) is 0 Å². The quantitative estimate of drug-likeness (QED) is 0.0865. The Bertz CT molecular complexity index is 648. The van der Waals surface area contributed by atoms with Gasteiger partial charge in [0.1, 0.15) is 24.2 Å². The van der Waals surface area contributed by atoms with Crippen molar-refractivity contribution in [1.29, 1.82) is 0 Å². The van der Waals surface area contributed by atoms with Crippen LogP contribution >= 0.6 is 12.6 Å². The van der Waals surface area contributed by atoms with Crippen LogP contribution in [0.15, 0.2) is 0 Å². The average Bonchev–Trinajstić information content (AvgIpc) is 2.69. The van der Waals surface area contributed by atoms with Gasteiger partial charge in [-0.05, 0) is 32.7 Å². The molecule has 0 radical (unpaired) electrons. The number of hydrogen-bond donors (Lipinski definition) is 9. The maximum atomic E-state index is 12.6. The van der Waals surface area contributed by atoms with Gasteiger partial charge in [0.2, 0.25) is 17.7 Å². The topological polar surface area (TPSA) is 234 Å². The Morgan fingerprint density at radius 3 is 1.87 bits per heavy atom. The minimum atomic E-state index is -1.58. The van der Waals surface area contributed by atoms with E-state index in [1.807, 2.05) is 0 Å². The number of unbranched alkanes of at least 4 members (excludes halogenated alkanes) is 1. The van der Waals surface area contributed by atoms with Crippen molar-refractivity contribution in [3.63, 3.8) is 0 Å². The summed E-state index contributed by atoms with van der Waals surface area (Å²) in [5.41, 5.74) is 10.9. The fraction of sp³-hybridized carbons (Fsp3) is 0.706. The molecule has 5 atom stereocenters. The third-order valence-electron chi connectivity index (χ3n) is 4.21. The number of carbonyl (C=O) groups excluding carboxylic acids is 3. The fourth-order valence-electron chi connectivity index (χ4n) is 2.36. The first-order valence-electron chi connectivity index (χ1n) is 9.54. The lowest BCUT2D eigenvalue weighted by atomic mass is 10.1. The number of carbonyl (C=O) groups is 5. The average molecular weight is 466 g/mol. The number of hydrogen-bond acceptors (Lipinski definition) is 9. The number of amides is 3. The Balaban J connectivity index is 5.44. The van der Waals surface area contributed by atoms with E-state index in [0.717, 1.165) is 0 Å². The molecule has 10 N–H and O–H groups in total. The van der Waals surface area contributed by atoms with E-state index < -0.39 is 66.4 Å². The molecule has 178 valence electrons. The molecule has 3 amide bonds. The lowest BCUT2D eigenvalue weighted by molar-refractivity contribution is -0.143. The maximum absolute atomic E-state index is 12.6. The number of aliphatic hydroxyl groups is 1. The minimum absolute atomic E-state index is 0.0919. The highest BCUT2D eigenvalue weighted by Crippen LogP contribution is 2.05. The first-order chi connectivity index (χ1) is 14.4. The first kappa shape index (κ1) is 28.6. The van der Waals surface area contributed by atoms with Gasteiger partial charge in [-0.15, -0.1) is 0 Å².